The van der Waals surface area contributed by atoms with Crippen molar-refractivity contribution >= 4 is 30.0 Å². The first-order valence-electron chi connectivity index (χ1n) is 4.41. The molecular weight excluding hydrogens is 279 g/mol. The zero-order valence-corrected chi connectivity index (χ0v) is 9.97. The van der Waals surface area contributed by atoms with Gasteiger partial charge in [0.2, 0.25) is 0 Å². The third-order valence-corrected chi connectivity index (χ3v) is 2.35. The second-order valence-electron chi connectivity index (χ2n) is 3.14. The molecular formula is C8H10F3NO5S. The molecule has 0 aliphatic heterocycles. The highest BCUT2D eigenvalue weighted by Gasteiger charge is 2.44. The van der Waals surface area contributed by atoms with Crippen molar-refractivity contribution in [2.24, 2.45) is 5.73 Å². The Morgan fingerprint density at radius 2 is 1.78 bits per heavy atom. The standard InChI is InChI=1S/C8H10F3NO5S/c1-18-3-2-7(12,4-13)5(14)16-17-6(15)8(9,10)11/h4H,2-3,12H2,1H3. The van der Waals surface area contributed by atoms with Gasteiger partial charge in [-0.25, -0.2) is 19.4 Å². The molecule has 0 aromatic heterocycles. The normalized spacial score (nSPS) is 14.5. The van der Waals surface area contributed by atoms with Crippen molar-refractivity contribution in [3.63, 3.8) is 0 Å². The predicted octanol–water partition coefficient (Wildman–Crippen LogP) is 0.200. The number of nitrogens with two attached hydrogens (primary N) is 1. The van der Waals surface area contributed by atoms with Gasteiger partial charge in [-0.1, -0.05) is 0 Å². The van der Waals surface area contributed by atoms with Crippen LogP contribution in [0.1, 0.15) is 6.42 Å². The van der Waals surface area contributed by atoms with Crippen molar-refractivity contribution in [1.82, 2.24) is 0 Å². The summed E-state index contributed by atoms with van der Waals surface area (Å²) in [5, 5.41) is 0. The summed E-state index contributed by atoms with van der Waals surface area (Å²) in [6.45, 7) is 0. The largest absolute Gasteiger partial charge is 0.495 e. The van der Waals surface area contributed by atoms with E-state index in [0.717, 1.165) is 0 Å². The fourth-order valence-electron chi connectivity index (χ4n) is 0.681. The van der Waals surface area contributed by atoms with Crippen LogP contribution in [0.5, 0.6) is 0 Å². The summed E-state index contributed by atoms with van der Waals surface area (Å²) in [6.07, 6.45) is -3.79. The van der Waals surface area contributed by atoms with Crippen LogP contribution in [0.15, 0.2) is 0 Å². The quantitative estimate of drug-likeness (QED) is 0.334. The molecule has 0 rings (SSSR count). The molecule has 0 radical (unpaired) electrons. The summed E-state index contributed by atoms with van der Waals surface area (Å²) in [6, 6.07) is 0. The Balaban J connectivity index is 4.46. The van der Waals surface area contributed by atoms with Gasteiger partial charge in [0.1, 0.15) is 0 Å². The lowest BCUT2D eigenvalue weighted by atomic mass is 10.0. The molecule has 0 heterocycles. The van der Waals surface area contributed by atoms with E-state index in [1.807, 2.05) is 0 Å². The van der Waals surface area contributed by atoms with Crippen LogP contribution < -0.4 is 5.73 Å². The molecule has 0 aliphatic carbocycles. The number of alkyl halides is 3. The molecule has 18 heavy (non-hydrogen) atoms. The van der Waals surface area contributed by atoms with Crippen LogP contribution in [0.4, 0.5) is 13.2 Å². The lowest BCUT2D eigenvalue weighted by molar-refractivity contribution is -0.287. The van der Waals surface area contributed by atoms with Gasteiger partial charge in [-0.05, 0) is 18.4 Å². The molecule has 0 spiro atoms. The smallest absolute Gasteiger partial charge is 0.310 e. The Labute approximate surface area is 104 Å². The fourth-order valence-corrected chi connectivity index (χ4v) is 1.22. The van der Waals surface area contributed by atoms with Gasteiger partial charge < -0.3 is 10.5 Å². The number of carbonyl (C=O) groups is 3. The fraction of sp³-hybridized carbons (Fsp3) is 0.625. The minimum Gasteiger partial charge on any atom is -0.310 e. The number of thioether (sulfide) groups is 1. The molecule has 104 valence electrons. The average molecular weight is 289 g/mol. The number of aldehydes is 1. The monoisotopic (exact) mass is 289 g/mol. The van der Waals surface area contributed by atoms with Crippen LogP contribution in [0.2, 0.25) is 0 Å². The second-order valence-corrected chi connectivity index (χ2v) is 4.13. The number of halogens is 3. The molecule has 0 saturated heterocycles. The van der Waals surface area contributed by atoms with Crippen molar-refractivity contribution in [2.75, 3.05) is 12.0 Å². The highest BCUT2D eigenvalue weighted by atomic mass is 32.2. The molecule has 10 heteroatoms. The SMILES string of the molecule is CSCCC(N)(C=O)C(=O)OOC(=O)C(F)(F)F. The van der Waals surface area contributed by atoms with E-state index in [2.05, 4.69) is 9.78 Å². The Bertz CT molecular complexity index is 335. The lowest BCUT2D eigenvalue weighted by Crippen LogP contribution is -2.51. The predicted molar refractivity (Wildman–Crippen MR) is 54.2 cm³/mol. The van der Waals surface area contributed by atoms with Gasteiger partial charge in [0.05, 0.1) is 0 Å². The van der Waals surface area contributed by atoms with E-state index in [-0.39, 0.29) is 18.5 Å². The Hall–Kier alpha value is -1.29. The van der Waals surface area contributed by atoms with Crippen LogP contribution in [0, 0.1) is 0 Å². The number of rotatable bonds is 5. The Morgan fingerprint density at radius 1 is 1.28 bits per heavy atom. The molecule has 2 N–H and O–H groups in total. The van der Waals surface area contributed by atoms with E-state index in [9.17, 15) is 27.6 Å². The van der Waals surface area contributed by atoms with Gasteiger partial charge in [-0.15, -0.1) is 0 Å². The van der Waals surface area contributed by atoms with Crippen molar-refractivity contribution in [2.45, 2.75) is 18.1 Å². The molecule has 0 amide bonds. The van der Waals surface area contributed by atoms with E-state index in [1.54, 1.807) is 6.26 Å². The maximum Gasteiger partial charge on any atom is 0.495 e. The minimum atomic E-state index is -5.31. The number of hydrogen-bond acceptors (Lipinski definition) is 7. The number of hydrogen-bond donors (Lipinski definition) is 1. The van der Waals surface area contributed by atoms with Crippen molar-refractivity contribution in [3.05, 3.63) is 0 Å². The highest BCUT2D eigenvalue weighted by Crippen LogP contribution is 2.17. The zero-order valence-electron chi connectivity index (χ0n) is 9.15. The maximum atomic E-state index is 11.7. The summed E-state index contributed by atoms with van der Waals surface area (Å²) in [5.74, 6) is -3.99. The second kappa shape index (κ2) is 6.59. The highest BCUT2D eigenvalue weighted by molar-refractivity contribution is 7.98. The molecule has 0 aromatic carbocycles. The molecule has 1 atom stereocenters. The molecule has 0 bridgehead atoms. The van der Waals surface area contributed by atoms with E-state index >= 15 is 0 Å². The summed E-state index contributed by atoms with van der Waals surface area (Å²) in [7, 11) is 0. The van der Waals surface area contributed by atoms with Gasteiger partial charge in [-0.3, -0.25) is 0 Å². The van der Waals surface area contributed by atoms with Gasteiger partial charge in [0, 0.05) is 0 Å². The lowest BCUT2D eigenvalue weighted by Gasteiger charge is -2.18. The van der Waals surface area contributed by atoms with Crippen LogP contribution in [0.25, 0.3) is 0 Å². The molecule has 0 fully saturated rings. The van der Waals surface area contributed by atoms with E-state index in [1.165, 1.54) is 11.8 Å². The van der Waals surface area contributed by atoms with E-state index < -0.39 is 23.7 Å². The maximum absolute atomic E-state index is 11.7. The molecule has 6 nitrogen and oxygen atoms in total. The van der Waals surface area contributed by atoms with Crippen molar-refractivity contribution in [3.8, 4) is 0 Å². The van der Waals surface area contributed by atoms with Crippen molar-refractivity contribution in [1.29, 1.82) is 0 Å². The Kier molecular flexibility index (Phi) is 6.12. The molecule has 0 aromatic rings. The molecule has 0 saturated carbocycles. The summed E-state index contributed by atoms with van der Waals surface area (Å²) in [4.78, 5) is 38.9. The van der Waals surface area contributed by atoms with E-state index in [0.29, 0.717) is 0 Å². The summed E-state index contributed by atoms with van der Waals surface area (Å²) in [5.41, 5.74) is 3.15. The first-order chi connectivity index (χ1) is 8.17. The van der Waals surface area contributed by atoms with Gasteiger partial charge in [0.15, 0.2) is 11.8 Å². The zero-order chi connectivity index (χ0) is 14.4. The van der Waals surface area contributed by atoms with Crippen LogP contribution in [0.3, 0.4) is 0 Å². The number of carbonyl (C=O) groups excluding carboxylic acids is 3. The first-order valence-corrected chi connectivity index (χ1v) is 5.81. The average Bonchev–Trinajstić information content (AvgIpc) is 2.31. The van der Waals surface area contributed by atoms with Gasteiger partial charge in [-0.2, -0.15) is 24.9 Å². The minimum absolute atomic E-state index is 0.0208. The third-order valence-electron chi connectivity index (χ3n) is 1.73. The van der Waals surface area contributed by atoms with Gasteiger partial charge in [0.25, 0.3) is 0 Å². The first kappa shape index (κ1) is 16.7. The summed E-state index contributed by atoms with van der Waals surface area (Å²) >= 11 is 1.26. The summed E-state index contributed by atoms with van der Waals surface area (Å²) < 4.78 is 35.1. The van der Waals surface area contributed by atoms with Crippen LogP contribution in [-0.2, 0) is 24.2 Å². The molecule has 1 unspecified atom stereocenters. The van der Waals surface area contributed by atoms with Crippen molar-refractivity contribution < 1.29 is 37.3 Å². The molecule has 0 aliphatic rings. The van der Waals surface area contributed by atoms with E-state index in [4.69, 9.17) is 5.73 Å². The van der Waals surface area contributed by atoms with Crippen LogP contribution in [-0.4, -0.2) is 41.9 Å². The van der Waals surface area contributed by atoms with Crippen LogP contribution >= 0.6 is 11.8 Å². The Morgan fingerprint density at radius 3 is 2.17 bits per heavy atom. The topological polar surface area (TPSA) is 95.7 Å². The third kappa shape index (κ3) is 4.92. The van der Waals surface area contributed by atoms with Gasteiger partial charge >= 0.3 is 18.1 Å².